The molecule has 1 heterocycles. The number of ether oxygens (including phenoxy) is 1. The summed E-state index contributed by atoms with van der Waals surface area (Å²) in [6, 6.07) is 7.36. The zero-order valence-corrected chi connectivity index (χ0v) is 12.2. The Hall–Kier alpha value is -1.46. The van der Waals surface area contributed by atoms with Gasteiger partial charge in [-0.05, 0) is 25.0 Å². The number of nitrogens with one attached hydrogen (secondary N) is 1. The summed E-state index contributed by atoms with van der Waals surface area (Å²) in [7, 11) is -3.78. The van der Waals surface area contributed by atoms with Gasteiger partial charge < -0.3 is 10.5 Å². The van der Waals surface area contributed by atoms with Gasteiger partial charge in [-0.2, -0.15) is 5.26 Å². The first-order valence-corrected chi connectivity index (χ1v) is 8.41. The van der Waals surface area contributed by atoms with Gasteiger partial charge >= 0.3 is 0 Å². The number of rotatable bonds is 3. The van der Waals surface area contributed by atoms with E-state index in [9.17, 15) is 8.42 Å². The van der Waals surface area contributed by atoms with Crippen molar-refractivity contribution in [2.75, 3.05) is 6.61 Å². The number of nitrogens with zero attached hydrogens (tertiary/aromatic N) is 1. The van der Waals surface area contributed by atoms with E-state index in [0.717, 1.165) is 12.8 Å². The van der Waals surface area contributed by atoms with Crippen LogP contribution in [0.15, 0.2) is 29.2 Å². The van der Waals surface area contributed by atoms with Gasteiger partial charge in [0, 0.05) is 18.6 Å². The molecule has 21 heavy (non-hydrogen) atoms. The molecule has 4 atom stereocenters. The van der Waals surface area contributed by atoms with Crippen LogP contribution >= 0.6 is 0 Å². The Morgan fingerprint density at radius 1 is 1.38 bits per heavy atom. The molecule has 7 heteroatoms. The highest BCUT2D eigenvalue weighted by Gasteiger charge is 2.52. The maximum Gasteiger partial charge on any atom is 0.242 e. The van der Waals surface area contributed by atoms with Crippen LogP contribution in [-0.4, -0.2) is 33.2 Å². The third-order valence-corrected chi connectivity index (χ3v) is 5.78. The largest absolute Gasteiger partial charge is 0.376 e. The number of sulfonamides is 1. The van der Waals surface area contributed by atoms with Crippen molar-refractivity contribution in [1.29, 1.82) is 5.26 Å². The van der Waals surface area contributed by atoms with E-state index >= 15 is 0 Å². The first-order chi connectivity index (χ1) is 10.0. The van der Waals surface area contributed by atoms with Crippen molar-refractivity contribution < 1.29 is 13.2 Å². The molecule has 3 rings (SSSR count). The average molecular weight is 307 g/mol. The molecule has 1 saturated carbocycles. The minimum absolute atomic E-state index is 0.0149. The van der Waals surface area contributed by atoms with Gasteiger partial charge in [-0.1, -0.05) is 12.1 Å². The van der Waals surface area contributed by atoms with Gasteiger partial charge in [0.05, 0.1) is 22.6 Å². The number of hydrogen-bond donors (Lipinski definition) is 2. The first kappa shape index (κ1) is 14.5. The van der Waals surface area contributed by atoms with E-state index in [1.807, 2.05) is 6.07 Å². The Kier molecular flexibility index (Phi) is 3.71. The standard InChI is InChI=1S/C14H17N3O3S/c15-8-9-4-1-2-6-11(9)21(18,19)17-13-12(16)10-5-3-7-20-14(10)13/h1-2,4,6,10,12-14,17H,3,5,7,16H2. The Bertz CT molecular complexity index is 683. The first-order valence-electron chi connectivity index (χ1n) is 6.93. The molecule has 0 spiro atoms. The van der Waals surface area contributed by atoms with Crippen LogP contribution in [0, 0.1) is 17.2 Å². The highest BCUT2D eigenvalue weighted by molar-refractivity contribution is 7.89. The lowest BCUT2D eigenvalue weighted by atomic mass is 9.69. The highest BCUT2D eigenvalue weighted by Crippen LogP contribution is 2.37. The van der Waals surface area contributed by atoms with E-state index in [4.69, 9.17) is 15.7 Å². The van der Waals surface area contributed by atoms with Crippen molar-refractivity contribution in [1.82, 2.24) is 4.72 Å². The van der Waals surface area contributed by atoms with Gasteiger partial charge in [-0.15, -0.1) is 0 Å². The van der Waals surface area contributed by atoms with E-state index < -0.39 is 16.1 Å². The van der Waals surface area contributed by atoms with Gasteiger partial charge in [-0.25, -0.2) is 13.1 Å². The third kappa shape index (κ3) is 2.45. The second-order valence-electron chi connectivity index (χ2n) is 5.47. The monoisotopic (exact) mass is 307 g/mol. The fourth-order valence-electron chi connectivity index (χ4n) is 3.13. The van der Waals surface area contributed by atoms with Gasteiger partial charge in [0.1, 0.15) is 6.07 Å². The fraction of sp³-hybridized carbons (Fsp3) is 0.500. The van der Waals surface area contributed by atoms with Crippen LogP contribution in [0.1, 0.15) is 18.4 Å². The minimum Gasteiger partial charge on any atom is -0.376 e. The molecule has 2 fully saturated rings. The molecule has 1 aromatic rings. The summed E-state index contributed by atoms with van der Waals surface area (Å²) >= 11 is 0. The zero-order valence-electron chi connectivity index (χ0n) is 11.4. The van der Waals surface area contributed by atoms with Crippen LogP contribution < -0.4 is 10.5 Å². The lowest BCUT2D eigenvalue weighted by Gasteiger charge is -2.52. The van der Waals surface area contributed by atoms with Crippen molar-refractivity contribution >= 4 is 10.0 Å². The van der Waals surface area contributed by atoms with E-state index in [-0.39, 0.29) is 28.5 Å². The van der Waals surface area contributed by atoms with Crippen LogP contribution in [0.25, 0.3) is 0 Å². The topological polar surface area (TPSA) is 105 Å². The van der Waals surface area contributed by atoms with Crippen LogP contribution in [0.4, 0.5) is 0 Å². The van der Waals surface area contributed by atoms with Crippen molar-refractivity contribution in [3.8, 4) is 6.07 Å². The summed E-state index contributed by atoms with van der Waals surface area (Å²) in [4.78, 5) is -0.0149. The van der Waals surface area contributed by atoms with Crippen molar-refractivity contribution in [2.45, 2.75) is 35.9 Å². The quantitative estimate of drug-likeness (QED) is 0.838. The fourth-order valence-corrected chi connectivity index (χ4v) is 4.57. The lowest BCUT2D eigenvalue weighted by Crippen LogP contribution is -2.71. The van der Waals surface area contributed by atoms with Crippen LogP contribution in [0.2, 0.25) is 0 Å². The smallest absolute Gasteiger partial charge is 0.242 e. The van der Waals surface area contributed by atoms with Crippen LogP contribution in [0.5, 0.6) is 0 Å². The predicted molar refractivity (Wildman–Crippen MR) is 75.7 cm³/mol. The molecule has 6 nitrogen and oxygen atoms in total. The molecule has 1 aromatic carbocycles. The normalized spacial score (nSPS) is 31.8. The third-order valence-electron chi connectivity index (χ3n) is 4.27. The van der Waals surface area contributed by atoms with Crippen molar-refractivity contribution in [3.05, 3.63) is 29.8 Å². The van der Waals surface area contributed by atoms with Crippen LogP contribution in [0.3, 0.4) is 0 Å². The van der Waals surface area contributed by atoms with Crippen molar-refractivity contribution in [2.24, 2.45) is 11.7 Å². The number of benzene rings is 1. The van der Waals surface area contributed by atoms with Gasteiger partial charge in [-0.3, -0.25) is 0 Å². The minimum atomic E-state index is -3.78. The molecule has 112 valence electrons. The van der Waals surface area contributed by atoms with E-state index in [2.05, 4.69) is 4.72 Å². The Morgan fingerprint density at radius 3 is 2.90 bits per heavy atom. The Balaban J connectivity index is 1.82. The maximum atomic E-state index is 12.5. The number of hydrogen-bond acceptors (Lipinski definition) is 5. The molecule has 0 radical (unpaired) electrons. The second-order valence-corrected chi connectivity index (χ2v) is 7.16. The predicted octanol–water partition coefficient (Wildman–Crippen LogP) is 0.341. The number of nitrogens with two attached hydrogens (primary N) is 1. The number of nitriles is 1. The number of fused-ring (bicyclic) bond motifs is 1. The van der Waals surface area contributed by atoms with Gasteiger partial charge in [0.2, 0.25) is 10.0 Å². The summed E-state index contributed by atoms with van der Waals surface area (Å²) in [5.74, 6) is 0.220. The van der Waals surface area contributed by atoms with E-state index in [1.165, 1.54) is 12.1 Å². The molecule has 0 bridgehead atoms. The molecule has 1 aliphatic heterocycles. The molecule has 3 N–H and O–H groups in total. The molecule has 2 aliphatic rings. The molecule has 0 aromatic heterocycles. The summed E-state index contributed by atoms with van der Waals surface area (Å²) in [6.45, 7) is 0.640. The Morgan fingerprint density at radius 2 is 2.14 bits per heavy atom. The summed E-state index contributed by atoms with van der Waals surface area (Å²) < 4.78 is 33.2. The van der Waals surface area contributed by atoms with Gasteiger partial charge in [0.15, 0.2) is 0 Å². The second kappa shape index (κ2) is 5.39. The van der Waals surface area contributed by atoms with Crippen LogP contribution in [-0.2, 0) is 14.8 Å². The highest BCUT2D eigenvalue weighted by atomic mass is 32.2. The SMILES string of the molecule is N#Cc1ccccc1S(=O)(=O)NC1C(N)C2CCCOC21. The molecule has 0 amide bonds. The molecule has 1 aliphatic carbocycles. The average Bonchev–Trinajstić information content (AvgIpc) is 2.52. The van der Waals surface area contributed by atoms with E-state index in [0.29, 0.717) is 6.61 Å². The maximum absolute atomic E-state index is 12.5. The molecule has 1 saturated heterocycles. The van der Waals surface area contributed by atoms with Crippen molar-refractivity contribution in [3.63, 3.8) is 0 Å². The summed E-state index contributed by atoms with van der Waals surface area (Å²) in [5, 5.41) is 9.03. The zero-order chi connectivity index (χ0) is 15.0. The Labute approximate surface area is 123 Å². The lowest BCUT2D eigenvalue weighted by molar-refractivity contribution is -0.114. The molecular formula is C14H17N3O3S. The molecular weight excluding hydrogens is 290 g/mol. The summed E-state index contributed by atoms with van der Waals surface area (Å²) in [5.41, 5.74) is 6.19. The summed E-state index contributed by atoms with van der Waals surface area (Å²) in [6.07, 6.45) is 1.78. The molecule has 4 unspecified atom stereocenters. The van der Waals surface area contributed by atoms with Gasteiger partial charge in [0.25, 0.3) is 0 Å². The van der Waals surface area contributed by atoms with E-state index in [1.54, 1.807) is 12.1 Å².